The zero-order valence-electron chi connectivity index (χ0n) is 1.51. The van der Waals surface area contributed by atoms with Crippen LogP contribution in [-0.4, -0.2) is 0 Å². The van der Waals surface area contributed by atoms with Gasteiger partial charge >= 0.3 is 19.8 Å². The summed E-state index contributed by atoms with van der Waals surface area (Å²) in [4.78, 5) is 0. The molecule has 0 unspecified atom stereocenters. The Bertz CT molecular complexity index is 6.00. The third kappa shape index (κ3) is 9.30. The first-order valence-corrected chi connectivity index (χ1v) is 0.508. The van der Waals surface area contributed by atoms with Gasteiger partial charge in [0.05, 0.1) is 0 Å². The quantitative estimate of drug-likeness (QED) is 0.534. The second-order valence-corrected chi connectivity index (χ2v) is 0. The van der Waals surface area contributed by atoms with Crippen molar-refractivity contribution in [3.05, 3.63) is 0 Å². The van der Waals surface area contributed by atoms with Gasteiger partial charge in [-0.3, -0.25) is 0 Å². The van der Waals surface area contributed by atoms with Gasteiger partial charge in [0.2, 0.25) is 0 Å². The Balaban J connectivity index is -0.00000000500. The maximum absolute atomic E-state index is 7.81. The average Bonchev–Trinajstić information content (AvgIpc) is 1.00. The molecular formula is Cu2OZr. The van der Waals surface area contributed by atoms with Crippen LogP contribution in [-0.2, 0) is 63.1 Å². The first-order valence-electron chi connectivity index (χ1n) is 0.123. The Labute approximate surface area is 62.5 Å². The van der Waals surface area contributed by atoms with Crippen LogP contribution in [0.25, 0.3) is 0 Å². The summed E-state index contributed by atoms with van der Waals surface area (Å²) >= 11 is 2.94. The molecule has 4 heavy (non-hydrogen) atoms. The van der Waals surface area contributed by atoms with Gasteiger partial charge in [-0.25, -0.2) is 0 Å². The van der Waals surface area contributed by atoms with Crippen molar-refractivity contribution in [2.24, 2.45) is 0 Å². The summed E-state index contributed by atoms with van der Waals surface area (Å²) in [6.45, 7) is 0. The van der Waals surface area contributed by atoms with Gasteiger partial charge in [-0.2, -0.15) is 0 Å². The van der Waals surface area contributed by atoms with Gasteiger partial charge in [0.25, 0.3) is 0 Å². The standard InChI is InChI=1S/2Cu.O.Zr. The van der Waals surface area contributed by atoms with Gasteiger partial charge in [0, 0.05) is 43.3 Å². The molecule has 0 aliphatic carbocycles. The van der Waals surface area contributed by atoms with Gasteiger partial charge in [0.1, 0.15) is 0 Å². The van der Waals surface area contributed by atoms with Crippen LogP contribution in [0.1, 0.15) is 0 Å². The molecule has 0 fully saturated rings. The second kappa shape index (κ2) is 22.1. The Kier molecular flexibility index (Phi) is 95.0. The van der Waals surface area contributed by atoms with Gasteiger partial charge in [0.15, 0.2) is 0 Å². The van der Waals surface area contributed by atoms with E-state index < -0.39 is 0 Å². The Morgan fingerprint density at radius 2 is 1.25 bits per heavy atom. The molecule has 1 radical (unpaired) electrons. The van der Waals surface area contributed by atoms with Gasteiger partial charge in [-0.15, -0.1) is 0 Å². The van der Waals surface area contributed by atoms with E-state index in [9.17, 15) is 0 Å². The largest absolute Gasteiger partial charge is 0 e. The molecule has 0 aliphatic rings. The van der Waals surface area contributed by atoms with Crippen LogP contribution in [0, 0.1) is 0 Å². The van der Waals surface area contributed by atoms with Crippen LogP contribution in [0.15, 0.2) is 0 Å². The van der Waals surface area contributed by atoms with E-state index in [1.165, 1.54) is 0 Å². The first-order chi connectivity index (χ1) is 1.00. The molecule has 0 N–H and O–H groups in total. The zero-order chi connectivity index (χ0) is 2.00. The molecular weight excluding hydrogens is 234 g/mol. The van der Waals surface area contributed by atoms with E-state index in [2.05, 4.69) is 15.9 Å². The molecule has 0 aromatic carbocycles. The summed E-state index contributed by atoms with van der Waals surface area (Å²) in [6.07, 6.45) is 0. The number of rotatable bonds is 0. The smallest absolute Gasteiger partial charge is 0 e. The van der Waals surface area contributed by atoms with Crippen LogP contribution in [0.4, 0.5) is 0 Å². The van der Waals surface area contributed by atoms with E-state index in [0.717, 1.165) is 0 Å². The predicted octanol–water partition coefficient (Wildman–Crippen LogP) is -0.126. The summed E-state index contributed by atoms with van der Waals surface area (Å²) in [6, 6.07) is 0. The average molecular weight is 234 g/mol. The zero-order valence-corrected chi connectivity index (χ0v) is 5.85. The second-order valence-electron chi connectivity index (χ2n) is 0. The van der Waals surface area contributed by atoms with Crippen LogP contribution in [0.2, 0.25) is 0 Å². The Morgan fingerprint density at radius 1 is 1.25 bits per heavy atom. The van der Waals surface area contributed by atoms with Crippen molar-refractivity contribution in [1.29, 1.82) is 0 Å². The van der Waals surface area contributed by atoms with Crippen molar-refractivity contribution in [1.82, 2.24) is 0 Å². The van der Waals surface area contributed by atoms with Crippen molar-refractivity contribution in [2.45, 2.75) is 0 Å². The fourth-order valence-electron chi connectivity index (χ4n) is 0. The molecule has 0 aromatic heterocycles. The third-order valence-electron chi connectivity index (χ3n) is 0. The molecule has 1 nitrogen and oxygen atoms in total. The van der Waals surface area contributed by atoms with E-state index in [4.69, 9.17) is 3.83 Å². The molecule has 0 aliphatic heterocycles. The van der Waals surface area contributed by atoms with Crippen LogP contribution >= 0.6 is 0 Å². The number of hydrogen-bond donors (Lipinski definition) is 0. The van der Waals surface area contributed by atoms with E-state index in [1.807, 2.05) is 0 Å². The van der Waals surface area contributed by atoms with E-state index >= 15 is 0 Å². The molecule has 32 valence electrons. The van der Waals surface area contributed by atoms with Gasteiger partial charge in [-0.05, 0) is 0 Å². The minimum atomic E-state index is 0. The van der Waals surface area contributed by atoms with Gasteiger partial charge in [-0.1, -0.05) is 0 Å². The summed E-state index contributed by atoms with van der Waals surface area (Å²) < 4.78 is 7.81. The van der Waals surface area contributed by atoms with Crippen LogP contribution in [0.5, 0.6) is 0 Å². The SMILES string of the molecule is [Cu].[O]=[Cu].[Zr]. The Morgan fingerprint density at radius 3 is 1.25 bits per heavy atom. The van der Waals surface area contributed by atoms with Crippen LogP contribution in [0.3, 0.4) is 0 Å². The molecule has 0 amide bonds. The monoisotopic (exact) mass is 232 g/mol. The van der Waals surface area contributed by atoms with Crippen molar-refractivity contribution in [2.75, 3.05) is 0 Å². The molecule has 0 bridgehead atoms. The number of hydrogen-bond acceptors (Lipinski definition) is 1. The van der Waals surface area contributed by atoms with Crippen molar-refractivity contribution in [3.8, 4) is 0 Å². The van der Waals surface area contributed by atoms with E-state index in [-0.39, 0.29) is 43.3 Å². The minimum Gasteiger partial charge on any atom is 0 e. The summed E-state index contributed by atoms with van der Waals surface area (Å²) in [5.74, 6) is 0. The van der Waals surface area contributed by atoms with E-state index in [0.29, 0.717) is 0 Å². The fraction of sp³-hybridized carbons (Fsp3) is 0. The molecule has 0 spiro atoms. The van der Waals surface area contributed by atoms with Crippen molar-refractivity contribution < 1.29 is 63.1 Å². The third-order valence-corrected chi connectivity index (χ3v) is 0. The Hall–Kier alpha value is 1.72. The van der Waals surface area contributed by atoms with Crippen LogP contribution < -0.4 is 0 Å². The molecule has 4 heteroatoms. The first kappa shape index (κ1) is 17.2. The molecule has 0 aromatic rings. The summed E-state index contributed by atoms with van der Waals surface area (Å²) in [5.41, 5.74) is 0. The van der Waals surface area contributed by atoms with E-state index in [1.54, 1.807) is 0 Å². The predicted molar refractivity (Wildman–Crippen MR) is 0.686 cm³/mol. The minimum absolute atomic E-state index is 0. The van der Waals surface area contributed by atoms with Gasteiger partial charge < -0.3 is 0 Å². The molecule has 0 saturated carbocycles. The summed E-state index contributed by atoms with van der Waals surface area (Å²) in [7, 11) is 0. The van der Waals surface area contributed by atoms with Crippen molar-refractivity contribution >= 4 is 0 Å². The maximum Gasteiger partial charge on any atom is 0 e. The summed E-state index contributed by atoms with van der Waals surface area (Å²) in [5, 5.41) is 0. The maximum atomic E-state index is 7.81. The normalized spacial score (nSPS) is 1.50. The molecule has 0 heterocycles. The molecule has 0 rings (SSSR count). The topological polar surface area (TPSA) is 17.1 Å². The fourth-order valence-corrected chi connectivity index (χ4v) is 0. The molecule has 0 saturated heterocycles. The van der Waals surface area contributed by atoms with Crippen molar-refractivity contribution in [3.63, 3.8) is 0 Å². The molecule has 0 atom stereocenters.